The molecule has 0 spiro atoms. The molecule has 0 bridgehead atoms. The molecule has 26 heavy (non-hydrogen) atoms. The highest BCUT2D eigenvalue weighted by Gasteiger charge is 2.31. The molecule has 0 atom stereocenters. The molecule has 0 unspecified atom stereocenters. The van der Waals surface area contributed by atoms with Crippen LogP contribution in [0.15, 0.2) is 11.6 Å². The van der Waals surface area contributed by atoms with E-state index in [0.29, 0.717) is 23.3 Å². The van der Waals surface area contributed by atoms with Crippen molar-refractivity contribution in [2.75, 3.05) is 20.1 Å². The minimum atomic E-state index is -4.21. The summed E-state index contributed by atoms with van der Waals surface area (Å²) < 4.78 is 26.3. The van der Waals surface area contributed by atoms with E-state index in [9.17, 15) is 14.5 Å². The number of allylic oxidation sites excluding steroid dienone is 1. The number of cyclic esters (lactones) is 1. The fraction of sp³-hybridized carbons (Fsp3) is 0.471. The number of ether oxygens (including phenoxy) is 3. The number of hydrogen-bond donors (Lipinski definition) is 3. The molecule has 8 nitrogen and oxygen atoms in total. The Morgan fingerprint density at radius 1 is 1.38 bits per heavy atom. The number of esters is 1. The van der Waals surface area contributed by atoms with Crippen LogP contribution in [0.5, 0.6) is 11.5 Å². The Labute approximate surface area is 151 Å². The van der Waals surface area contributed by atoms with E-state index in [0.717, 1.165) is 11.1 Å². The van der Waals surface area contributed by atoms with E-state index in [1.54, 1.807) is 13.0 Å². The summed E-state index contributed by atoms with van der Waals surface area (Å²) in [6, 6.07) is 0. The quantitative estimate of drug-likeness (QED) is 0.354. The highest BCUT2D eigenvalue weighted by molar-refractivity contribution is 7.51. The van der Waals surface area contributed by atoms with Gasteiger partial charge in [-0.25, -0.2) is 4.79 Å². The molecule has 9 heteroatoms. The normalized spacial score (nSPS) is 14.3. The SMILES string of the molecule is CCC(=CCc1c(O)c2c(c(C)c1OC)COC2=O)COCP(=O)(O)O. The second-order valence-corrected chi connectivity index (χ2v) is 7.56. The number of phenolic OH excluding ortho intramolecular Hbond substituents is 1. The van der Waals surface area contributed by atoms with Gasteiger partial charge < -0.3 is 29.1 Å². The van der Waals surface area contributed by atoms with E-state index >= 15 is 0 Å². The van der Waals surface area contributed by atoms with Gasteiger partial charge in [0.2, 0.25) is 0 Å². The molecule has 0 radical (unpaired) electrons. The van der Waals surface area contributed by atoms with Gasteiger partial charge in [-0.2, -0.15) is 0 Å². The van der Waals surface area contributed by atoms with Crippen LogP contribution in [0.4, 0.5) is 0 Å². The molecule has 0 saturated heterocycles. The lowest BCUT2D eigenvalue weighted by molar-refractivity contribution is 0.0533. The van der Waals surface area contributed by atoms with Crippen LogP contribution in [-0.2, 0) is 27.1 Å². The first-order chi connectivity index (χ1) is 12.2. The van der Waals surface area contributed by atoms with E-state index in [2.05, 4.69) is 0 Å². The van der Waals surface area contributed by atoms with Crippen molar-refractivity contribution in [1.82, 2.24) is 0 Å². The van der Waals surface area contributed by atoms with E-state index in [1.165, 1.54) is 7.11 Å². The summed E-state index contributed by atoms with van der Waals surface area (Å²) in [6.07, 6.45) is 2.03. The second kappa shape index (κ2) is 8.22. The van der Waals surface area contributed by atoms with Crippen LogP contribution in [0.2, 0.25) is 0 Å². The fourth-order valence-corrected chi connectivity index (χ4v) is 3.20. The second-order valence-electron chi connectivity index (χ2n) is 5.98. The summed E-state index contributed by atoms with van der Waals surface area (Å²) >= 11 is 0. The highest BCUT2D eigenvalue weighted by Crippen LogP contribution is 2.42. The maximum Gasteiger partial charge on any atom is 0.350 e. The summed E-state index contributed by atoms with van der Waals surface area (Å²) in [5, 5.41) is 10.5. The number of carbonyl (C=O) groups is 1. The topological polar surface area (TPSA) is 123 Å². The Bertz CT molecular complexity index is 778. The third-order valence-electron chi connectivity index (χ3n) is 4.24. The minimum absolute atomic E-state index is 0.0661. The molecule has 0 amide bonds. The van der Waals surface area contributed by atoms with Crippen molar-refractivity contribution in [2.45, 2.75) is 33.3 Å². The standard InChI is InChI=1S/C17H23O8P/c1-4-11(7-24-9-26(20,21)22)5-6-12-15(18)14-13(8-25-17(14)19)10(2)16(12)23-3/h5,18H,4,6-9H2,1-3H3,(H2,20,21,22). The number of rotatable bonds is 8. The van der Waals surface area contributed by atoms with Gasteiger partial charge in [0.25, 0.3) is 0 Å². The van der Waals surface area contributed by atoms with Gasteiger partial charge in [-0.15, -0.1) is 0 Å². The average molecular weight is 386 g/mol. The zero-order valence-electron chi connectivity index (χ0n) is 14.9. The van der Waals surface area contributed by atoms with E-state index in [-0.39, 0.29) is 30.9 Å². The van der Waals surface area contributed by atoms with Crippen LogP contribution in [-0.4, -0.2) is 40.9 Å². The number of phenols is 1. The van der Waals surface area contributed by atoms with Crippen molar-refractivity contribution < 1.29 is 38.5 Å². The Balaban J connectivity index is 2.28. The minimum Gasteiger partial charge on any atom is -0.507 e. The number of methoxy groups -OCH3 is 1. The third-order valence-corrected chi connectivity index (χ3v) is 4.76. The van der Waals surface area contributed by atoms with Crippen LogP contribution in [0.3, 0.4) is 0 Å². The molecule has 2 rings (SSSR count). The van der Waals surface area contributed by atoms with Crippen LogP contribution in [0.1, 0.15) is 40.4 Å². The van der Waals surface area contributed by atoms with E-state index in [1.807, 2.05) is 6.92 Å². The number of fused-ring (bicyclic) bond motifs is 1. The first-order valence-electron chi connectivity index (χ1n) is 8.08. The molecule has 0 aliphatic carbocycles. The molecule has 144 valence electrons. The van der Waals surface area contributed by atoms with Crippen molar-refractivity contribution in [3.63, 3.8) is 0 Å². The molecular weight excluding hydrogens is 363 g/mol. The first kappa shape index (κ1) is 20.5. The predicted molar refractivity (Wildman–Crippen MR) is 93.5 cm³/mol. The molecule has 3 N–H and O–H groups in total. The zero-order valence-corrected chi connectivity index (χ0v) is 15.8. The number of aromatic hydroxyl groups is 1. The number of benzene rings is 1. The zero-order chi connectivity index (χ0) is 19.5. The summed E-state index contributed by atoms with van der Waals surface area (Å²) in [4.78, 5) is 29.6. The Morgan fingerprint density at radius 2 is 2.08 bits per heavy atom. The van der Waals surface area contributed by atoms with Crippen molar-refractivity contribution >= 4 is 13.6 Å². The Kier molecular flexibility index (Phi) is 6.47. The molecule has 0 fully saturated rings. The van der Waals surface area contributed by atoms with Crippen LogP contribution in [0.25, 0.3) is 0 Å². The molecule has 1 heterocycles. The lowest BCUT2D eigenvalue weighted by Crippen LogP contribution is -2.04. The third kappa shape index (κ3) is 4.45. The molecule has 1 aliphatic heterocycles. The summed E-state index contributed by atoms with van der Waals surface area (Å²) in [5.41, 5.74) is 2.80. The summed E-state index contributed by atoms with van der Waals surface area (Å²) in [6.45, 7) is 3.86. The van der Waals surface area contributed by atoms with Crippen molar-refractivity contribution in [3.8, 4) is 11.5 Å². The monoisotopic (exact) mass is 386 g/mol. The van der Waals surface area contributed by atoms with Crippen LogP contribution < -0.4 is 4.74 Å². The Hall–Kier alpha value is -1.86. The van der Waals surface area contributed by atoms with E-state index < -0.39 is 19.9 Å². The highest BCUT2D eigenvalue weighted by atomic mass is 31.2. The number of carbonyl (C=O) groups excluding carboxylic acids is 1. The lowest BCUT2D eigenvalue weighted by Gasteiger charge is -2.16. The average Bonchev–Trinajstić information content (AvgIpc) is 2.96. The van der Waals surface area contributed by atoms with Gasteiger partial charge in [-0.1, -0.05) is 13.0 Å². The molecular formula is C17H23O8P. The maximum absolute atomic E-state index is 11.9. The van der Waals surface area contributed by atoms with Gasteiger partial charge in [-0.3, -0.25) is 4.57 Å². The smallest absolute Gasteiger partial charge is 0.350 e. The Morgan fingerprint density at radius 3 is 2.65 bits per heavy atom. The molecule has 0 aromatic heterocycles. The van der Waals surface area contributed by atoms with Gasteiger partial charge in [0, 0.05) is 11.1 Å². The van der Waals surface area contributed by atoms with Crippen molar-refractivity contribution in [3.05, 3.63) is 33.9 Å². The van der Waals surface area contributed by atoms with Crippen molar-refractivity contribution in [1.29, 1.82) is 0 Å². The maximum atomic E-state index is 11.9. The van der Waals surface area contributed by atoms with Crippen molar-refractivity contribution in [2.24, 2.45) is 0 Å². The lowest BCUT2D eigenvalue weighted by atomic mass is 9.95. The van der Waals surface area contributed by atoms with Gasteiger partial charge in [-0.05, 0) is 30.9 Å². The molecule has 1 aromatic rings. The summed E-state index contributed by atoms with van der Waals surface area (Å²) in [7, 11) is -2.72. The van der Waals surface area contributed by atoms with Gasteiger partial charge in [0.05, 0.1) is 13.7 Å². The molecule has 1 aromatic carbocycles. The largest absolute Gasteiger partial charge is 0.507 e. The van der Waals surface area contributed by atoms with Crippen LogP contribution >= 0.6 is 7.60 Å². The molecule has 0 saturated carbocycles. The van der Waals surface area contributed by atoms with E-state index in [4.69, 9.17) is 24.0 Å². The van der Waals surface area contributed by atoms with Gasteiger partial charge >= 0.3 is 13.6 Å². The number of hydrogen-bond acceptors (Lipinski definition) is 6. The van der Waals surface area contributed by atoms with Gasteiger partial charge in [0.1, 0.15) is 30.0 Å². The fourth-order valence-electron chi connectivity index (χ4n) is 2.88. The summed E-state index contributed by atoms with van der Waals surface area (Å²) in [5.74, 6) is -0.232. The first-order valence-corrected chi connectivity index (χ1v) is 9.87. The van der Waals surface area contributed by atoms with Crippen LogP contribution in [0, 0.1) is 6.92 Å². The predicted octanol–water partition coefficient (Wildman–Crippen LogP) is 2.41. The molecule has 1 aliphatic rings. The van der Waals surface area contributed by atoms with Gasteiger partial charge in [0.15, 0.2) is 0 Å².